The van der Waals surface area contributed by atoms with Gasteiger partial charge in [-0.15, -0.1) is 0 Å². The maximum absolute atomic E-state index is 14.8. The molecule has 0 saturated carbocycles. The molecule has 0 spiro atoms. The van der Waals surface area contributed by atoms with Gasteiger partial charge < -0.3 is 10.2 Å². The molecule has 2 aliphatic rings. The van der Waals surface area contributed by atoms with Crippen LogP contribution in [-0.2, 0) is 25.6 Å². The van der Waals surface area contributed by atoms with Gasteiger partial charge in [-0.25, -0.2) is 0 Å². The lowest BCUT2D eigenvalue weighted by Gasteiger charge is -2.40. The maximum Gasteiger partial charge on any atom is 0.349 e. The molecule has 1 fully saturated rings. The van der Waals surface area contributed by atoms with Crippen LogP contribution in [0.3, 0.4) is 0 Å². The largest absolute Gasteiger partial charge is 0.352 e. The zero-order valence-corrected chi connectivity index (χ0v) is 21.0. The molecule has 1 saturated heterocycles. The zero-order chi connectivity index (χ0) is 26.6. The number of alkyl halides is 2. The second-order valence-electron chi connectivity index (χ2n) is 9.73. The highest BCUT2D eigenvalue weighted by Crippen LogP contribution is 2.38. The molecule has 2 aromatic rings. The summed E-state index contributed by atoms with van der Waals surface area (Å²) < 4.78 is 29.6. The fraction of sp³-hybridized carbons (Fsp3) is 0.273. The van der Waals surface area contributed by atoms with Gasteiger partial charge in [0, 0.05) is 33.8 Å². The second kappa shape index (κ2) is 9.10. The van der Waals surface area contributed by atoms with Gasteiger partial charge in [-0.3, -0.25) is 24.5 Å². The number of nitrogens with one attached hydrogen (secondary N) is 2. The number of fused-ring (bicyclic) bond motifs is 1. The Bertz CT molecular complexity index is 1290. The Morgan fingerprint density at radius 2 is 1.83 bits per heavy atom. The van der Waals surface area contributed by atoms with Crippen molar-refractivity contribution < 1.29 is 28.0 Å². The summed E-state index contributed by atoms with van der Waals surface area (Å²) >= 11 is 5.77. The Hall–Kier alpha value is -3.07. The van der Waals surface area contributed by atoms with E-state index in [4.69, 9.17) is 11.6 Å². The van der Waals surface area contributed by atoms with Crippen LogP contribution < -0.4 is 16.1 Å². The molecule has 182 valence electrons. The minimum Gasteiger partial charge on any atom is -0.352 e. The number of carbonyl (C=O) groups excluding carboxylic acids is 4. The molecule has 7 nitrogen and oxygen atoms in total. The van der Waals surface area contributed by atoms with Gasteiger partial charge in [0.1, 0.15) is 37.4 Å². The number of carbonyl (C=O) groups is 4. The Labute approximate surface area is 215 Å². The van der Waals surface area contributed by atoms with Crippen LogP contribution in [0.2, 0.25) is 5.02 Å². The Morgan fingerprint density at radius 1 is 1.19 bits per heavy atom. The molecule has 36 heavy (non-hydrogen) atoms. The molecule has 2 heterocycles. The Balaban J connectivity index is 1.62. The lowest BCUT2D eigenvalue weighted by atomic mass is 9.57. The highest BCUT2D eigenvalue weighted by molar-refractivity contribution is 6.43. The van der Waals surface area contributed by atoms with Gasteiger partial charge >= 0.3 is 5.92 Å². The lowest BCUT2D eigenvalue weighted by molar-refractivity contribution is -0.147. The van der Waals surface area contributed by atoms with Crippen LogP contribution >= 0.6 is 11.6 Å². The van der Waals surface area contributed by atoms with E-state index in [-0.39, 0.29) is 29.7 Å². The first-order valence-electron chi connectivity index (χ1n) is 11.5. The molecule has 4 rings (SSSR count). The van der Waals surface area contributed by atoms with Gasteiger partial charge in [0.2, 0.25) is 11.8 Å². The number of hydrogen-bond acceptors (Lipinski definition) is 4. The highest BCUT2D eigenvalue weighted by atomic mass is 35.5. The molecular formula is C22H22B4ClF2N3O4. The summed E-state index contributed by atoms with van der Waals surface area (Å²) in [4.78, 5) is 51.5. The molecular weight excluding hydrogens is 487 g/mol. The fourth-order valence-electron chi connectivity index (χ4n) is 5.00. The molecule has 14 heteroatoms. The normalized spacial score (nSPS) is 20.0. The zero-order valence-electron chi connectivity index (χ0n) is 20.2. The number of rotatable bonds is 5. The third-order valence-electron chi connectivity index (χ3n) is 6.94. The van der Waals surface area contributed by atoms with Crippen LogP contribution in [0.15, 0.2) is 36.4 Å². The van der Waals surface area contributed by atoms with Crippen molar-refractivity contribution in [3.8, 4) is 0 Å². The summed E-state index contributed by atoms with van der Waals surface area (Å²) in [7, 11) is 6.89. The van der Waals surface area contributed by atoms with E-state index >= 15 is 0 Å². The quantitative estimate of drug-likeness (QED) is 0.353. The van der Waals surface area contributed by atoms with Crippen molar-refractivity contribution in [3.05, 3.63) is 63.7 Å². The molecule has 2 aliphatic heterocycles. The summed E-state index contributed by atoms with van der Waals surface area (Å²) in [6, 6.07) is 7.35. The number of benzene rings is 2. The first kappa shape index (κ1) is 26.0. The van der Waals surface area contributed by atoms with E-state index in [2.05, 4.69) is 10.6 Å². The van der Waals surface area contributed by atoms with Crippen LogP contribution in [0.5, 0.6) is 0 Å². The minimum atomic E-state index is -3.78. The van der Waals surface area contributed by atoms with Gasteiger partial charge in [0.25, 0.3) is 11.8 Å². The number of hydrogen-bond donors (Lipinski definition) is 2. The minimum absolute atomic E-state index is 0.127. The molecule has 2 aromatic carbocycles. The van der Waals surface area contributed by atoms with Crippen molar-refractivity contribution in [2.24, 2.45) is 0 Å². The second-order valence-corrected chi connectivity index (χ2v) is 10.2. The van der Waals surface area contributed by atoms with Gasteiger partial charge in [-0.2, -0.15) is 8.78 Å². The molecule has 2 atom stereocenters. The van der Waals surface area contributed by atoms with Crippen LogP contribution in [0.25, 0.3) is 0 Å². The van der Waals surface area contributed by atoms with Crippen molar-refractivity contribution in [1.29, 1.82) is 0 Å². The SMILES string of the molecule is Bc1cc2c(cc1C(B)NC(=O)C(F)(F)c1ccc(Cl)cc1)C(B)(B)N(C1CCC(=O)NC1=O)C2=O. The lowest BCUT2D eigenvalue weighted by Crippen LogP contribution is -2.59. The smallest absolute Gasteiger partial charge is 0.349 e. The Kier molecular flexibility index (Phi) is 6.58. The molecule has 0 aliphatic carbocycles. The van der Waals surface area contributed by atoms with Crippen molar-refractivity contribution in [2.45, 2.75) is 36.1 Å². The van der Waals surface area contributed by atoms with Gasteiger partial charge in [0.05, 0.1) is 0 Å². The van der Waals surface area contributed by atoms with E-state index < -0.39 is 40.6 Å². The number of halogens is 3. The molecule has 0 bridgehead atoms. The van der Waals surface area contributed by atoms with E-state index in [0.29, 0.717) is 22.2 Å². The first-order valence-corrected chi connectivity index (χ1v) is 11.9. The maximum atomic E-state index is 14.8. The highest BCUT2D eigenvalue weighted by Gasteiger charge is 2.49. The summed E-state index contributed by atoms with van der Waals surface area (Å²) in [5.74, 6) is -7.28. The molecule has 2 unspecified atom stereocenters. The molecule has 2 N–H and O–H groups in total. The van der Waals surface area contributed by atoms with E-state index in [1.54, 1.807) is 43.5 Å². The average molecular weight is 509 g/mol. The molecule has 0 radical (unpaired) electrons. The number of piperidine rings is 1. The topological polar surface area (TPSA) is 95.6 Å². The number of amides is 4. The van der Waals surface area contributed by atoms with Crippen LogP contribution in [-0.4, -0.2) is 66.0 Å². The van der Waals surface area contributed by atoms with Crippen LogP contribution in [0, 0.1) is 0 Å². The fourth-order valence-corrected chi connectivity index (χ4v) is 5.13. The summed E-state index contributed by atoms with van der Waals surface area (Å²) in [6.07, 6.45) is 0.341. The van der Waals surface area contributed by atoms with Gasteiger partial charge in [-0.1, -0.05) is 41.3 Å². The first-order chi connectivity index (χ1) is 16.7. The number of nitrogens with zero attached hydrogens (tertiary/aromatic N) is 1. The van der Waals surface area contributed by atoms with Crippen molar-refractivity contribution in [3.63, 3.8) is 0 Å². The predicted molar refractivity (Wildman–Crippen MR) is 141 cm³/mol. The van der Waals surface area contributed by atoms with Crippen molar-refractivity contribution in [2.75, 3.05) is 0 Å². The average Bonchev–Trinajstić information content (AvgIpc) is 2.98. The monoisotopic (exact) mass is 509 g/mol. The van der Waals surface area contributed by atoms with Crippen molar-refractivity contribution >= 4 is 72.1 Å². The number of imide groups is 1. The van der Waals surface area contributed by atoms with E-state index in [9.17, 15) is 28.0 Å². The van der Waals surface area contributed by atoms with Gasteiger partial charge in [0.15, 0.2) is 0 Å². The standard InChI is InChI=1S/C22H22B4ClF2N3O4/c23-14-8-11-13(22(25,26)32(19(11)35)15-5-6-16(33)30-18(15)34)7-12(14)17(24)31-20(36)21(28,29)9-1-3-10(27)4-2-9/h1-4,7-8,15,17H,5-6,23-26H2,(H,31,36)(H,30,33,34). The van der Waals surface area contributed by atoms with E-state index in [1.165, 1.54) is 17.0 Å². The van der Waals surface area contributed by atoms with Crippen molar-refractivity contribution in [1.82, 2.24) is 15.5 Å². The third-order valence-corrected chi connectivity index (χ3v) is 7.20. The predicted octanol–water partition coefficient (Wildman–Crippen LogP) is -2.22. The van der Waals surface area contributed by atoms with E-state index in [1.807, 2.05) is 0 Å². The van der Waals surface area contributed by atoms with Gasteiger partial charge in [-0.05, 0) is 29.7 Å². The molecule has 0 aromatic heterocycles. The molecule has 4 amide bonds. The van der Waals surface area contributed by atoms with Crippen LogP contribution in [0.1, 0.15) is 45.8 Å². The summed E-state index contributed by atoms with van der Waals surface area (Å²) in [5, 5.41) is 4.04. The Morgan fingerprint density at radius 3 is 2.44 bits per heavy atom. The van der Waals surface area contributed by atoms with Crippen LogP contribution in [0.4, 0.5) is 8.78 Å². The summed E-state index contributed by atoms with van der Waals surface area (Å²) in [5.41, 5.74) is 1.74. The van der Waals surface area contributed by atoms with E-state index in [0.717, 1.165) is 12.1 Å². The summed E-state index contributed by atoms with van der Waals surface area (Å²) in [6.45, 7) is 0. The third kappa shape index (κ3) is 4.34.